The van der Waals surface area contributed by atoms with E-state index in [0.29, 0.717) is 23.5 Å². The quantitative estimate of drug-likeness (QED) is 0.690. The number of para-hydroxylation sites is 1. The van der Waals surface area contributed by atoms with Crippen LogP contribution in [0.25, 0.3) is 0 Å². The van der Waals surface area contributed by atoms with E-state index in [2.05, 4.69) is 10.0 Å². The molecule has 0 saturated carbocycles. The predicted molar refractivity (Wildman–Crippen MR) is 106 cm³/mol. The molecule has 2 aromatic rings. The standard InChI is InChI=1S/C20H26N2O4S/c1-4-26-19-12-8-7-11-18(19)20(23)21-13-16-9-5-6-10-17(16)14-27(24,25)22-15(2)3/h5-12,15,22H,4,13-14H2,1-3H3,(H,21,23). The number of hydrogen-bond donors (Lipinski definition) is 2. The second kappa shape index (κ2) is 9.53. The third kappa shape index (κ3) is 6.37. The summed E-state index contributed by atoms with van der Waals surface area (Å²) in [4.78, 5) is 12.5. The summed E-state index contributed by atoms with van der Waals surface area (Å²) in [6.45, 7) is 6.11. The summed E-state index contributed by atoms with van der Waals surface area (Å²) >= 11 is 0. The normalized spacial score (nSPS) is 11.4. The first-order chi connectivity index (χ1) is 12.8. The third-order valence-electron chi connectivity index (χ3n) is 3.75. The Balaban J connectivity index is 2.12. The molecule has 6 nitrogen and oxygen atoms in total. The van der Waals surface area contributed by atoms with E-state index in [1.807, 2.05) is 25.1 Å². The molecule has 0 fully saturated rings. The summed E-state index contributed by atoms with van der Waals surface area (Å²) in [5.41, 5.74) is 1.86. The Morgan fingerprint density at radius 3 is 2.33 bits per heavy atom. The van der Waals surface area contributed by atoms with Crippen molar-refractivity contribution in [2.45, 2.75) is 39.1 Å². The molecule has 0 aromatic heterocycles. The van der Waals surface area contributed by atoms with Gasteiger partial charge in [-0.15, -0.1) is 0 Å². The van der Waals surface area contributed by atoms with Crippen LogP contribution in [0.4, 0.5) is 0 Å². The number of hydrogen-bond acceptors (Lipinski definition) is 4. The zero-order valence-electron chi connectivity index (χ0n) is 15.9. The molecular weight excluding hydrogens is 364 g/mol. The molecule has 0 aliphatic carbocycles. The van der Waals surface area contributed by atoms with Gasteiger partial charge >= 0.3 is 0 Å². The lowest BCUT2D eigenvalue weighted by Gasteiger charge is -2.14. The largest absolute Gasteiger partial charge is 0.493 e. The van der Waals surface area contributed by atoms with Crippen molar-refractivity contribution in [1.29, 1.82) is 0 Å². The Kier molecular flexibility index (Phi) is 7.38. The lowest BCUT2D eigenvalue weighted by atomic mass is 10.1. The maximum atomic E-state index is 12.5. The van der Waals surface area contributed by atoms with Crippen LogP contribution in [0.1, 0.15) is 42.3 Å². The summed E-state index contributed by atoms with van der Waals surface area (Å²) in [6.07, 6.45) is 0. The minimum Gasteiger partial charge on any atom is -0.493 e. The lowest BCUT2D eigenvalue weighted by Crippen LogP contribution is -2.32. The monoisotopic (exact) mass is 390 g/mol. The van der Waals surface area contributed by atoms with E-state index < -0.39 is 10.0 Å². The second-order valence-corrected chi connectivity index (χ2v) is 8.17. The Labute approximate surface area is 161 Å². The highest BCUT2D eigenvalue weighted by Crippen LogP contribution is 2.18. The molecule has 0 atom stereocenters. The summed E-state index contributed by atoms with van der Waals surface area (Å²) in [6, 6.07) is 14.0. The smallest absolute Gasteiger partial charge is 0.255 e. The average molecular weight is 391 g/mol. The molecule has 1 amide bonds. The molecule has 2 aromatic carbocycles. The molecule has 0 spiro atoms. The van der Waals surface area contributed by atoms with Crippen molar-refractivity contribution in [2.75, 3.05) is 6.61 Å². The maximum absolute atomic E-state index is 12.5. The minimum atomic E-state index is -3.44. The fourth-order valence-corrected chi connectivity index (χ4v) is 4.18. The van der Waals surface area contributed by atoms with Crippen LogP contribution in [0, 0.1) is 0 Å². The fourth-order valence-electron chi connectivity index (χ4n) is 2.68. The van der Waals surface area contributed by atoms with Crippen molar-refractivity contribution in [2.24, 2.45) is 0 Å². The molecule has 0 saturated heterocycles. The first-order valence-corrected chi connectivity index (χ1v) is 10.5. The fraction of sp³-hybridized carbons (Fsp3) is 0.350. The van der Waals surface area contributed by atoms with Gasteiger partial charge in [0.1, 0.15) is 5.75 Å². The van der Waals surface area contributed by atoms with Crippen LogP contribution in [0.15, 0.2) is 48.5 Å². The lowest BCUT2D eigenvalue weighted by molar-refractivity contribution is 0.0947. The molecule has 0 heterocycles. The molecule has 0 radical (unpaired) electrons. The third-order valence-corrected chi connectivity index (χ3v) is 5.27. The molecule has 0 aliphatic rings. The SMILES string of the molecule is CCOc1ccccc1C(=O)NCc1ccccc1CS(=O)(=O)NC(C)C. The number of amides is 1. The van der Waals surface area contributed by atoms with Crippen LogP contribution < -0.4 is 14.8 Å². The van der Waals surface area contributed by atoms with Crippen LogP contribution in [-0.2, 0) is 22.3 Å². The number of ether oxygens (including phenoxy) is 1. The Hall–Kier alpha value is -2.38. The molecule has 27 heavy (non-hydrogen) atoms. The number of carbonyl (C=O) groups is 1. The van der Waals surface area contributed by atoms with Gasteiger partial charge in [0.2, 0.25) is 10.0 Å². The number of sulfonamides is 1. The maximum Gasteiger partial charge on any atom is 0.255 e. The number of benzene rings is 2. The number of rotatable bonds is 9. The molecule has 146 valence electrons. The number of nitrogens with one attached hydrogen (secondary N) is 2. The van der Waals surface area contributed by atoms with Crippen LogP contribution in [0.2, 0.25) is 0 Å². The highest BCUT2D eigenvalue weighted by molar-refractivity contribution is 7.88. The molecule has 7 heteroatoms. The summed E-state index contributed by atoms with van der Waals surface area (Å²) in [5.74, 6) is 0.124. The van der Waals surface area contributed by atoms with Crippen molar-refractivity contribution in [3.8, 4) is 5.75 Å². The topological polar surface area (TPSA) is 84.5 Å². The van der Waals surface area contributed by atoms with E-state index >= 15 is 0 Å². The number of carbonyl (C=O) groups excluding carboxylic acids is 1. The Morgan fingerprint density at radius 2 is 1.67 bits per heavy atom. The Bertz CT molecular complexity index is 879. The average Bonchev–Trinajstić information content (AvgIpc) is 2.60. The molecule has 2 rings (SSSR count). The van der Waals surface area contributed by atoms with Gasteiger partial charge in [-0.2, -0.15) is 0 Å². The van der Waals surface area contributed by atoms with Crippen LogP contribution >= 0.6 is 0 Å². The van der Waals surface area contributed by atoms with Crippen molar-refractivity contribution in [3.63, 3.8) is 0 Å². The van der Waals surface area contributed by atoms with Gasteiger partial charge in [-0.3, -0.25) is 4.79 Å². The van der Waals surface area contributed by atoms with E-state index in [1.165, 1.54) is 0 Å². The highest BCUT2D eigenvalue weighted by Gasteiger charge is 2.16. The first-order valence-electron chi connectivity index (χ1n) is 8.89. The summed E-state index contributed by atoms with van der Waals surface area (Å²) in [5, 5.41) is 2.85. The van der Waals surface area contributed by atoms with Crippen molar-refractivity contribution in [3.05, 3.63) is 65.2 Å². The van der Waals surface area contributed by atoms with E-state index in [4.69, 9.17) is 4.74 Å². The molecule has 2 N–H and O–H groups in total. The van der Waals surface area contributed by atoms with Crippen LogP contribution in [0.5, 0.6) is 5.75 Å². The van der Waals surface area contributed by atoms with Crippen LogP contribution in [-0.4, -0.2) is 27.0 Å². The van der Waals surface area contributed by atoms with E-state index in [9.17, 15) is 13.2 Å². The first kappa shape index (κ1) is 20.9. The van der Waals surface area contributed by atoms with Gasteiger partial charge < -0.3 is 10.1 Å². The zero-order valence-corrected chi connectivity index (χ0v) is 16.7. The minimum absolute atomic E-state index is 0.132. The molecular formula is C20H26N2O4S. The highest BCUT2D eigenvalue weighted by atomic mass is 32.2. The predicted octanol–water partition coefficient (Wildman–Crippen LogP) is 2.84. The second-order valence-electron chi connectivity index (χ2n) is 6.41. The van der Waals surface area contributed by atoms with Gasteiger partial charge in [0.15, 0.2) is 0 Å². The van der Waals surface area contributed by atoms with Gasteiger partial charge in [0, 0.05) is 12.6 Å². The summed E-state index contributed by atoms with van der Waals surface area (Å²) < 4.78 is 32.5. The summed E-state index contributed by atoms with van der Waals surface area (Å²) in [7, 11) is -3.44. The molecule has 0 aliphatic heterocycles. The Morgan fingerprint density at radius 1 is 1.04 bits per heavy atom. The van der Waals surface area contributed by atoms with E-state index in [0.717, 1.165) is 5.56 Å². The van der Waals surface area contributed by atoms with Gasteiger partial charge in [-0.1, -0.05) is 36.4 Å². The zero-order chi connectivity index (χ0) is 19.9. The van der Waals surface area contributed by atoms with Gasteiger partial charge in [-0.25, -0.2) is 13.1 Å². The molecule has 0 unspecified atom stereocenters. The van der Waals surface area contributed by atoms with Crippen LogP contribution in [0.3, 0.4) is 0 Å². The van der Waals surface area contributed by atoms with E-state index in [-0.39, 0.29) is 24.2 Å². The van der Waals surface area contributed by atoms with E-state index in [1.54, 1.807) is 44.2 Å². The van der Waals surface area contributed by atoms with Gasteiger partial charge in [-0.05, 0) is 44.0 Å². The molecule has 0 bridgehead atoms. The van der Waals surface area contributed by atoms with Crippen molar-refractivity contribution < 1.29 is 17.9 Å². The van der Waals surface area contributed by atoms with Gasteiger partial charge in [0.05, 0.1) is 17.9 Å². The van der Waals surface area contributed by atoms with Crippen molar-refractivity contribution >= 4 is 15.9 Å². The van der Waals surface area contributed by atoms with Gasteiger partial charge in [0.25, 0.3) is 5.91 Å². The van der Waals surface area contributed by atoms with Crippen molar-refractivity contribution in [1.82, 2.24) is 10.0 Å².